The summed E-state index contributed by atoms with van der Waals surface area (Å²) in [6.07, 6.45) is 1.83. The van der Waals surface area contributed by atoms with Crippen LogP contribution in [-0.4, -0.2) is 30.3 Å². The van der Waals surface area contributed by atoms with Crippen LogP contribution in [0.1, 0.15) is 74.7 Å². The predicted molar refractivity (Wildman–Crippen MR) is 101 cm³/mol. The highest BCUT2D eigenvalue weighted by molar-refractivity contribution is 5.88. The highest BCUT2D eigenvalue weighted by Crippen LogP contribution is 2.15. The highest BCUT2D eigenvalue weighted by Gasteiger charge is 2.24. The number of nitrogens with two attached hydrogens (primary N) is 1. The predicted octanol–water partition coefficient (Wildman–Crippen LogP) is 3.24. The van der Waals surface area contributed by atoms with Gasteiger partial charge in [-0.05, 0) is 32.1 Å². The minimum absolute atomic E-state index is 0.0731. The average Bonchev–Trinajstić information content (AvgIpc) is 2.54. The van der Waals surface area contributed by atoms with E-state index in [-0.39, 0.29) is 23.5 Å². The van der Waals surface area contributed by atoms with Crippen molar-refractivity contribution in [1.82, 2.24) is 10.6 Å². The molecule has 0 saturated heterocycles. The maximum absolute atomic E-state index is 12.1. The molecule has 0 radical (unpaired) electrons. The number of nitrogens with one attached hydrogen (secondary N) is 2. The number of carbonyl (C=O) groups excluding carboxylic acids is 3. The number of primary amides is 1. The third-order valence-corrected chi connectivity index (χ3v) is 3.36. The fraction of sp³-hybridized carbons (Fsp3) is 0.833. The van der Waals surface area contributed by atoms with Crippen LogP contribution in [0.25, 0.3) is 0 Å². The zero-order valence-electron chi connectivity index (χ0n) is 16.9. The molecule has 0 spiro atoms. The van der Waals surface area contributed by atoms with E-state index in [1.807, 2.05) is 48.5 Å². The smallest absolute Gasteiger partial charge is 0.312 e. The summed E-state index contributed by atoms with van der Waals surface area (Å²) in [5.41, 5.74) is 4.95. The van der Waals surface area contributed by atoms with Gasteiger partial charge in [-0.2, -0.15) is 0 Å². The zero-order chi connectivity index (χ0) is 19.7. The Morgan fingerprint density at radius 1 is 1.04 bits per heavy atom. The maximum Gasteiger partial charge on any atom is 0.312 e. The summed E-state index contributed by atoms with van der Waals surface area (Å²) in [4.78, 5) is 34.2. The summed E-state index contributed by atoms with van der Waals surface area (Å²) in [7, 11) is 0. The minimum atomic E-state index is -0.584. The van der Waals surface area contributed by atoms with E-state index >= 15 is 0 Å². The molecule has 0 aliphatic heterocycles. The van der Waals surface area contributed by atoms with Crippen LogP contribution in [-0.2, 0) is 9.59 Å². The molecule has 6 heteroatoms. The second-order valence-electron chi connectivity index (χ2n) is 5.36. The Kier molecular flexibility index (Phi) is 20.2. The number of amides is 3. The van der Waals surface area contributed by atoms with Gasteiger partial charge in [0.2, 0.25) is 5.91 Å². The zero-order valence-corrected chi connectivity index (χ0v) is 16.9. The number of Topliss-reactive ketones (excluding diaryl/α,β-unsaturated/α-hetero) is 1. The minimum Gasteiger partial charge on any atom is -0.352 e. The van der Waals surface area contributed by atoms with Crippen molar-refractivity contribution in [2.24, 2.45) is 17.6 Å². The molecule has 0 rings (SSSR count). The molecule has 24 heavy (non-hydrogen) atoms. The molecular weight excluding hydrogens is 306 g/mol. The molecule has 0 unspecified atom stereocenters. The molecule has 0 aliphatic carbocycles. The first kappa shape index (κ1) is 27.3. The molecule has 0 aromatic rings. The molecule has 3 amide bonds. The molecule has 0 bridgehead atoms. The van der Waals surface area contributed by atoms with Crippen LogP contribution >= 0.6 is 0 Å². The van der Waals surface area contributed by atoms with Crippen LogP contribution in [0.4, 0.5) is 4.79 Å². The Balaban J connectivity index is -0.00000102. The lowest BCUT2D eigenvalue weighted by Crippen LogP contribution is -2.44. The normalized spacial score (nSPS) is 11.9. The van der Waals surface area contributed by atoms with Crippen molar-refractivity contribution in [1.29, 1.82) is 0 Å². The van der Waals surface area contributed by atoms with Crippen LogP contribution in [0.15, 0.2) is 0 Å². The Hall–Kier alpha value is -1.59. The standard InChI is InChI=1S/C14H27N3O3.2C2H6/c1-5-11(9(2)3)13(19)17-12(10(4)18)7-6-8-16-14(15)20;2*1-2/h9,11-12H,5-8H2,1-4H3,(H,17,19)(H3,15,16,20);2*1-2H3/t11-,12-;;/m0../s1. The molecule has 0 aliphatic rings. The second kappa shape index (κ2) is 17.8. The van der Waals surface area contributed by atoms with Gasteiger partial charge in [0.1, 0.15) is 0 Å². The number of urea groups is 1. The fourth-order valence-electron chi connectivity index (χ4n) is 2.13. The summed E-state index contributed by atoms with van der Waals surface area (Å²) in [5.74, 6) is 0.00586. The van der Waals surface area contributed by atoms with Gasteiger partial charge in [-0.3, -0.25) is 9.59 Å². The summed E-state index contributed by atoms with van der Waals surface area (Å²) in [6, 6.07) is -1.08. The Morgan fingerprint density at radius 3 is 1.88 bits per heavy atom. The highest BCUT2D eigenvalue weighted by atomic mass is 16.2. The Morgan fingerprint density at radius 2 is 1.54 bits per heavy atom. The number of ketones is 1. The lowest BCUT2D eigenvalue weighted by Gasteiger charge is -2.22. The van der Waals surface area contributed by atoms with Crippen molar-refractivity contribution in [3.05, 3.63) is 0 Å². The first-order valence-corrected chi connectivity index (χ1v) is 9.13. The van der Waals surface area contributed by atoms with Crippen LogP contribution in [0.3, 0.4) is 0 Å². The van der Waals surface area contributed by atoms with Crippen LogP contribution in [0.5, 0.6) is 0 Å². The molecule has 0 aromatic carbocycles. The molecule has 0 fully saturated rings. The SMILES string of the molecule is CC.CC.CC[C@H](C(=O)N[C@@H](CCCNC(N)=O)C(C)=O)C(C)C. The first-order chi connectivity index (χ1) is 11.3. The summed E-state index contributed by atoms with van der Waals surface area (Å²) >= 11 is 0. The van der Waals surface area contributed by atoms with E-state index in [1.54, 1.807) is 0 Å². The van der Waals surface area contributed by atoms with Gasteiger partial charge in [0.25, 0.3) is 0 Å². The van der Waals surface area contributed by atoms with Crippen molar-refractivity contribution in [3.63, 3.8) is 0 Å². The van der Waals surface area contributed by atoms with Crippen LogP contribution < -0.4 is 16.4 Å². The molecule has 0 aromatic heterocycles. The average molecular weight is 346 g/mol. The van der Waals surface area contributed by atoms with Crippen LogP contribution in [0.2, 0.25) is 0 Å². The molecule has 6 nitrogen and oxygen atoms in total. The molecule has 0 heterocycles. The van der Waals surface area contributed by atoms with Gasteiger partial charge in [0.15, 0.2) is 5.78 Å². The molecule has 2 atom stereocenters. The van der Waals surface area contributed by atoms with E-state index in [1.165, 1.54) is 6.92 Å². The maximum atomic E-state index is 12.1. The Labute approximate surface area is 148 Å². The largest absolute Gasteiger partial charge is 0.352 e. The third-order valence-electron chi connectivity index (χ3n) is 3.36. The van der Waals surface area contributed by atoms with Gasteiger partial charge >= 0.3 is 6.03 Å². The summed E-state index contributed by atoms with van der Waals surface area (Å²) in [6.45, 7) is 15.8. The van der Waals surface area contributed by atoms with Gasteiger partial charge in [-0.25, -0.2) is 4.79 Å². The van der Waals surface area contributed by atoms with E-state index in [0.29, 0.717) is 19.4 Å². The van der Waals surface area contributed by atoms with E-state index in [4.69, 9.17) is 5.73 Å². The molecule has 4 N–H and O–H groups in total. The van der Waals surface area contributed by atoms with Gasteiger partial charge < -0.3 is 16.4 Å². The van der Waals surface area contributed by atoms with Gasteiger partial charge in [0, 0.05) is 12.5 Å². The number of rotatable bonds is 9. The van der Waals surface area contributed by atoms with Crippen LogP contribution in [0, 0.1) is 11.8 Å². The van der Waals surface area contributed by atoms with E-state index in [2.05, 4.69) is 10.6 Å². The van der Waals surface area contributed by atoms with Gasteiger partial charge in [-0.15, -0.1) is 0 Å². The number of hydrogen-bond acceptors (Lipinski definition) is 3. The fourth-order valence-corrected chi connectivity index (χ4v) is 2.13. The molecular formula is C18H39N3O3. The van der Waals surface area contributed by atoms with Gasteiger partial charge in [-0.1, -0.05) is 48.5 Å². The van der Waals surface area contributed by atoms with E-state index in [0.717, 1.165) is 6.42 Å². The van der Waals surface area contributed by atoms with Gasteiger partial charge in [0.05, 0.1) is 6.04 Å². The van der Waals surface area contributed by atoms with Crippen molar-refractivity contribution < 1.29 is 14.4 Å². The van der Waals surface area contributed by atoms with Crippen molar-refractivity contribution in [2.75, 3.05) is 6.54 Å². The van der Waals surface area contributed by atoms with E-state index < -0.39 is 12.1 Å². The Bertz CT molecular complexity index is 344. The van der Waals surface area contributed by atoms with Crippen molar-refractivity contribution >= 4 is 17.7 Å². The second-order valence-corrected chi connectivity index (χ2v) is 5.36. The lowest BCUT2D eigenvalue weighted by atomic mass is 9.92. The number of hydrogen-bond donors (Lipinski definition) is 3. The van der Waals surface area contributed by atoms with Crippen molar-refractivity contribution in [2.45, 2.75) is 80.7 Å². The summed E-state index contributed by atoms with van der Waals surface area (Å²) < 4.78 is 0. The topological polar surface area (TPSA) is 101 Å². The number of carbonyl (C=O) groups is 3. The summed E-state index contributed by atoms with van der Waals surface area (Å²) in [5, 5.41) is 5.26. The lowest BCUT2D eigenvalue weighted by molar-refractivity contribution is -0.130. The van der Waals surface area contributed by atoms with E-state index in [9.17, 15) is 14.4 Å². The van der Waals surface area contributed by atoms with Crippen molar-refractivity contribution in [3.8, 4) is 0 Å². The third kappa shape index (κ3) is 14.0. The quantitative estimate of drug-likeness (QED) is 0.559. The first-order valence-electron chi connectivity index (χ1n) is 9.13. The molecule has 0 saturated carbocycles. The molecule has 144 valence electrons. The monoisotopic (exact) mass is 345 g/mol.